The molecule has 2 aromatic rings. The first-order valence-electron chi connectivity index (χ1n) is 7.70. The number of aryl methyl sites for hydroxylation is 1. The molecule has 4 heteroatoms. The van der Waals surface area contributed by atoms with Gasteiger partial charge in [-0.05, 0) is 30.4 Å². The minimum Gasteiger partial charge on any atom is -0.361 e. The van der Waals surface area contributed by atoms with E-state index >= 15 is 0 Å². The van der Waals surface area contributed by atoms with Gasteiger partial charge in [0.15, 0.2) is 5.96 Å². The molecule has 0 saturated heterocycles. The van der Waals surface area contributed by atoms with E-state index < -0.39 is 0 Å². The van der Waals surface area contributed by atoms with Crippen molar-refractivity contribution in [3.05, 3.63) is 36.0 Å². The molecule has 0 spiro atoms. The first kappa shape index (κ1) is 15.4. The lowest BCUT2D eigenvalue weighted by atomic mass is 10.1. The van der Waals surface area contributed by atoms with Gasteiger partial charge in [-0.2, -0.15) is 0 Å². The van der Waals surface area contributed by atoms with E-state index in [1.165, 1.54) is 16.5 Å². The van der Waals surface area contributed by atoms with Crippen LogP contribution in [0.1, 0.15) is 25.8 Å². The third kappa shape index (κ3) is 4.52. The van der Waals surface area contributed by atoms with Crippen molar-refractivity contribution in [2.24, 2.45) is 10.9 Å². The second kappa shape index (κ2) is 7.72. The lowest BCUT2D eigenvalue weighted by molar-refractivity contribution is 0.613. The molecule has 0 aliphatic heterocycles. The van der Waals surface area contributed by atoms with E-state index in [1.54, 1.807) is 0 Å². The molecule has 0 aliphatic carbocycles. The van der Waals surface area contributed by atoms with Crippen molar-refractivity contribution >= 4 is 16.9 Å². The van der Waals surface area contributed by atoms with E-state index in [4.69, 9.17) is 0 Å². The van der Waals surface area contributed by atoms with E-state index in [9.17, 15) is 0 Å². The maximum atomic E-state index is 4.23. The van der Waals surface area contributed by atoms with Gasteiger partial charge in [-0.3, -0.25) is 4.99 Å². The molecule has 114 valence electrons. The number of benzene rings is 1. The number of rotatable bonds is 6. The molecule has 2 rings (SSSR count). The summed E-state index contributed by atoms with van der Waals surface area (Å²) in [5.74, 6) is 1.51. The van der Waals surface area contributed by atoms with Crippen molar-refractivity contribution in [3.8, 4) is 0 Å². The Hall–Kier alpha value is -1.97. The zero-order valence-corrected chi connectivity index (χ0v) is 13.2. The molecule has 1 aromatic heterocycles. The quantitative estimate of drug-likeness (QED) is 0.434. The van der Waals surface area contributed by atoms with Gasteiger partial charge in [0.2, 0.25) is 0 Å². The van der Waals surface area contributed by atoms with Gasteiger partial charge in [0, 0.05) is 37.2 Å². The standard InChI is InChI=1S/C17H26N4/c1-13(2)11-21-17(18-3)19-10-6-7-14-12-20-16-9-5-4-8-15(14)16/h4-5,8-9,12-13,20H,6-7,10-11H2,1-3H3,(H2,18,19,21). The highest BCUT2D eigenvalue weighted by atomic mass is 15.2. The highest BCUT2D eigenvalue weighted by Crippen LogP contribution is 2.18. The number of aliphatic imine (C=N–C) groups is 1. The molecular weight excluding hydrogens is 260 g/mol. The summed E-state index contributed by atoms with van der Waals surface area (Å²) < 4.78 is 0. The molecular formula is C17H26N4. The van der Waals surface area contributed by atoms with Crippen molar-refractivity contribution in [1.29, 1.82) is 0 Å². The second-order valence-corrected chi connectivity index (χ2v) is 5.74. The predicted molar refractivity (Wildman–Crippen MR) is 90.8 cm³/mol. The monoisotopic (exact) mass is 286 g/mol. The van der Waals surface area contributed by atoms with E-state index in [0.29, 0.717) is 5.92 Å². The van der Waals surface area contributed by atoms with E-state index in [1.807, 2.05) is 7.05 Å². The summed E-state index contributed by atoms with van der Waals surface area (Å²) in [6, 6.07) is 8.45. The van der Waals surface area contributed by atoms with Crippen LogP contribution < -0.4 is 10.6 Å². The highest BCUT2D eigenvalue weighted by molar-refractivity contribution is 5.83. The zero-order chi connectivity index (χ0) is 15.1. The molecule has 3 N–H and O–H groups in total. The van der Waals surface area contributed by atoms with Gasteiger partial charge >= 0.3 is 0 Å². The largest absolute Gasteiger partial charge is 0.361 e. The van der Waals surface area contributed by atoms with Gasteiger partial charge in [-0.25, -0.2) is 0 Å². The molecule has 1 aromatic carbocycles. The van der Waals surface area contributed by atoms with Gasteiger partial charge in [-0.1, -0.05) is 32.0 Å². The Labute approximate surface area is 127 Å². The third-order valence-corrected chi connectivity index (χ3v) is 3.49. The summed E-state index contributed by atoms with van der Waals surface area (Å²) in [5, 5.41) is 8.02. The fourth-order valence-corrected chi connectivity index (χ4v) is 2.35. The van der Waals surface area contributed by atoms with Crippen molar-refractivity contribution in [2.45, 2.75) is 26.7 Å². The number of para-hydroxylation sites is 1. The van der Waals surface area contributed by atoms with Gasteiger partial charge in [0.25, 0.3) is 0 Å². The van der Waals surface area contributed by atoms with Crippen LogP contribution in [0.15, 0.2) is 35.5 Å². The molecule has 0 atom stereocenters. The van der Waals surface area contributed by atoms with Crippen LogP contribution in [0.3, 0.4) is 0 Å². The summed E-state index contributed by atoms with van der Waals surface area (Å²) in [6.45, 7) is 6.26. The first-order chi connectivity index (χ1) is 10.2. The average molecular weight is 286 g/mol. The van der Waals surface area contributed by atoms with Crippen molar-refractivity contribution in [2.75, 3.05) is 20.1 Å². The van der Waals surface area contributed by atoms with Gasteiger partial charge in [0.1, 0.15) is 0 Å². The third-order valence-electron chi connectivity index (χ3n) is 3.49. The van der Waals surface area contributed by atoms with Crippen LogP contribution in [0.4, 0.5) is 0 Å². The summed E-state index contributed by atoms with van der Waals surface area (Å²) in [6.07, 6.45) is 4.28. The second-order valence-electron chi connectivity index (χ2n) is 5.74. The van der Waals surface area contributed by atoms with E-state index in [0.717, 1.165) is 31.9 Å². The maximum absolute atomic E-state index is 4.23. The Morgan fingerprint density at radius 2 is 2.05 bits per heavy atom. The molecule has 0 aliphatic rings. The number of nitrogens with one attached hydrogen (secondary N) is 3. The number of nitrogens with zero attached hydrogens (tertiary/aromatic N) is 1. The van der Waals surface area contributed by atoms with Crippen LogP contribution in [0.25, 0.3) is 10.9 Å². The molecule has 0 saturated carbocycles. The van der Waals surface area contributed by atoms with Crippen LogP contribution in [0, 0.1) is 5.92 Å². The molecule has 4 nitrogen and oxygen atoms in total. The number of aromatic nitrogens is 1. The van der Waals surface area contributed by atoms with Crippen molar-refractivity contribution in [3.63, 3.8) is 0 Å². The zero-order valence-electron chi connectivity index (χ0n) is 13.2. The van der Waals surface area contributed by atoms with Crippen LogP contribution in [0.5, 0.6) is 0 Å². The molecule has 0 fully saturated rings. The summed E-state index contributed by atoms with van der Waals surface area (Å²) in [7, 11) is 1.81. The Bertz CT molecular complexity index is 583. The summed E-state index contributed by atoms with van der Waals surface area (Å²) in [4.78, 5) is 7.56. The minimum atomic E-state index is 0.620. The average Bonchev–Trinajstić information content (AvgIpc) is 2.90. The fraction of sp³-hybridized carbons (Fsp3) is 0.471. The molecule has 0 unspecified atom stereocenters. The smallest absolute Gasteiger partial charge is 0.190 e. The van der Waals surface area contributed by atoms with E-state index in [2.05, 4.69) is 64.9 Å². The van der Waals surface area contributed by atoms with E-state index in [-0.39, 0.29) is 0 Å². The van der Waals surface area contributed by atoms with Gasteiger partial charge < -0.3 is 15.6 Å². The SMILES string of the molecule is CN=C(NCCCc1c[nH]c2ccccc12)NCC(C)C. The van der Waals surface area contributed by atoms with Crippen molar-refractivity contribution in [1.82, 2.24) is 15.6 Å². The lowest BCUT2D eigenvalue weighted by Crippen LogP contribution is -2.39. The predicted octanol–water partition coefficient (Wildman–Crippen LogP) is 2.92. The van der Waals surface area contributed by atoms with Crippen LogP contribution in [-0.2, 0) is 6.42 Å². The Balaban J connectivity index is 1.76. The Morgan fingerprint density at radius 1 is 1.24 bits per heavy atom. The molecule has 0 radical (unpaired) electrons. The maximum Gasteiger partial charge on any atom is 0.190 e. The fourth-order valence-electron chi connectivity index (χ4n) is 2.35. The van der Waals surface area contributed by atoms with Gasteiger partial charge in [-0.15, -0.1) is 0 Å². The normalized spacial score (nSPS) is 12.1. The first-order valence-corrected chi connectivity index (χ1v) is 7.70. The summed E-state index contributed by atoms with van der Waals surface area (Å²) >= 11 is 0. The number of guanidine groups is 1. The Kier molecular flexibility index (Phi) is 5.67. The number of hydrogen-bond acceptors (Lipinski definition) is 1. The lowest BCUT2D eigenvalue weighted by Gasteiger charge is -2.13. The molecule has 21 heavy (non-hydrogen) atoms. The molecule has 0 bridgehead atoms. The Morgan fingerprint density at radius 3 is 2.81 bits per heavy atom. The van der Waals surface area contributed by atoms with Crippen molar-refractivity contribution < 1.29 is 0 Å². The minimum absolute atomic E-state index is 0.620. The number of fused-ring (bicyclic) bond motifs is 1. The topological polar surface area (TPSA) is 52.2 Å². The van der Waals surface area contributed by atoms with Crippen LogP contribution in [-0.4, -0.2) is 31.1 Å². The highest BCUT2D eigenvalue weighted by Gasteiger charge is 2.03. The molecule has 1 heterocycles. The van der Waals surface area contributed by atoms with Crippen LogP contribution >= 0.6 is 0 Å². The van der Waals surface area contributed by atoms with Crippen LogP contribution in [0.2, 0.25) is 0 Å². The number of hydrogen-bond donors (Lipinski definition) is 3. The number of H-pyrrole nitrogens is 1. The molecule has 0 amide bonds. The van der Waals surface area contributed by atoms with Gasteiger partial charge in [0.05, 0.1) is 0 Å². The summed E-state index contributed by atoms with van der Waals surface area (Å²) in [5.41, 5.74) is 2.60. The number of aromatic amines is 1.